The van der Waals surface area contributed by atoms with Crippen LogP contribution < -0.4 is 0 Å². The average Bonchev–Trinajstić information content (AvgIpc) is 2.34. The zero-order chi connectivity index (χ0) is 12.3. The number of benzene rings is 2. The van der Waals surface area contributed by atoms with E-state index in [0.717, 1.165) is 31.7 Å². The maximum absolute atomic E-state index is 11.0. The maximum Gasteiger partial charge on any atom is 0.151 e. The Morgan fingerprint density at radius 1 is 1.12 bits per heavy atom. The van der Waals surface area contributed by atoms with Gasteiger partial charge in [-0.15, -0.1) is 0 Å². The zero-order valence-corrected chi connectivity index (χ0v) is 11.7. The molecule has 0 unspecified atom stereocenters. The molecule has 86 valence electrons. The van der Waals surface area contributed by atoms with Crippen molar-refractivity contribution in [1.29, 1.82) is 0 Å². The van der Waals surface area contributed by atoms with E-state index in [4.69, 9.17) is 0 Å². The lowest BCUT2D eigenvalue weighted by atomic mass is 10.2. The number of carbonyl (C=O) groups is 1. The Bertz CT molecular complexity index is 552. The van der Waals surface area contributed by atoms with E-state index < -0.39 is 0 Å². The highest BCUT2D eigenvalue weighted by atomic mass is 79.9. The van der Waals surface area contributed by atoms with Crippen LogP contribution in [-0.4, -0.2) is 6.29 Å². The highest BCUT2D eigenvalue weighted by molar-refractivity contribution is 9.10. The number of hydrogen-bond donors (Lipinski definition) is 0. The van der Waals surface area contributed by atoms with Crippen LogP contribution in [0.1, 0.15) is 15.9 Å². The van der Waals surface area contributed by atoms with Crippen LogP contribution in [0.5, 0.6) is 0 Å². The molecule has 1 nitrogen and oxygen atoms in total. The van der Waals surface area contributed by atoms with Gasteiger partial charge in [0, 0.05) is 19.8 Å². The minimum absolute atomic E-state index is 0.741. The lowest BCUT2D eigenvalue weighted by Crippen LogP contribution is -1.87. The topological polar surface area (TPSA) is 17.1 Å². The van der Waals surface area contributed by atoms with Gasteiger partial charge < -0.3 is 0 Å². The average molecular weight is 307 g/mol. The Balaban J connectivity index is 2.36. The monoisotopic (exact) mass is 306 g/mol. The van der Waals surface area contributed by atoms with Crippen LogP contribution in [0, 0.1) is 6.92 Å². The van der Waals surface area contributed by atoms with Crippen LogP contribution >= 0.6 is 27.7 Å². The van der Waals surface area contributed by atoms with Crippen LogP contribution in [0.2, 0.25) is 0 Å². The Kier molecular flexibility index (Phi) is 4.02. The fraction of sp³-hybridized carbons (Fsp3) is 0.0714. The number of carbonyl (C=O) groups excluding carboxylic acids is 1. The summed E-state index contributed by atoms with van der Waals surface area (Å²) in [7, 11) is 0. The van der Waals surface area contributed by atoms with Crippen molar-refractivity contribution in [1.82, 2.24) is 0 Å². The van der Waals surface area contributed by atoms with Gasteiger partial charge in [0.1, 0.15) is 0 Å². The minimum atomic E-state index is 0.741. The molecule has 0 N–H and O–H groups in total. The number of aryl methyl sites for hydroxylation is 1. The second-order valence-corrected chi connectivity index (χ2v) is 5.63. The molecule has 0 saturated heterocycles. The summed E-state index contributed by atoms with van der Waals surface area (Å²) in [6.07, 6.45) is 0.909. The SMILES string of the molecule is Cc1ccc(Sc2ccccc2Br)c(C=O)c1. The van der Waals surface area contributed by atoms with Crippen LogP contribution in [0.15, 0.2) is 56.7 Å². The van der Waals surface area contributed by atoms with E-state index >= 15 is 0 Å². The van der Waals surface area contributed by atoms with Crippen LogP contribution in [0.25, 0.3) is 0 Å². The minimum Gasteiger partial charge on any atom is -0.298 e. The van der Waals surface area contributed by atoms with E-state index in [9.17, 15) is 4.79 Å². The predicted molar refractivity (Wildman–Crippen MR) is 74.8 cm³/mol. The van der Waals surface area contributed by atoms with Crippen molar-refractivity contribution in [2.75, 3.05) is 0 Å². The normalized spacial score (nSPS) is 10.2. The number of aldehydes is 1. The summed E-state index contributed by atoms with van der Waals surface area (Å²) in [5.74, 6) is 0. The van der Waals surface area contributed by atoms with Crippen molar-refractivity contribution < 1.29 is 4.79 Å². The van der Waals surface area contributed by atoms with Gasteiger partial charge in [-0.25, -0.2) is 0 Å². The van der Waals surface area contributed by atoms with Gasteiger partial charge in [-0.1, -0.05) is 35.5 Å². The van der Waals surface area contributed by atoms with Gasteiger partial charge in [0.05, 0.1) is 0 Å². The molecule has 0 atom stereocenters. The lowest BCUT2D eigenvalue weighted by Gasteiger charge is -2.07. The maximum atomic E-state index is 11.0. The molecule has 3 heteroatoms. The quantitative estimate of drug-likeness (QED) is 0.763. The fourth-order valence-electron chi connectivity index (χ4n) is 1.50. The highest BCUT2D eigenvalue weighted by Crippen LogP contribution is 2.34. The lowest BCUT2D eigenvalue weighted by molar-refractivity contribution is 0.112. The highest BCUT2D eigenvalue weighted by Gasteiger charge is 2.06. The predicted octanol–water partition coefficient (Wildman–Crippen LogP) is 4.72. The van der Waals surface area contributed by atoms with Gasteiger partial charge in [-0.3, -0.25) is 4.79 Å². The van der Waals surface area contributed by atoms with Gasteiger partial charge in [-0.05, 0) is 47.1 Å². The van der Waals surface area contributed by atoms with Crippen LogP contribution in [0.4, 0.5) is 0 Å². The van der Waals surface area contributed by atoms with Gasteiger partial charge in [0.25, 0.3) is 0 Å². The summed E-state index contributed by atoms with van der Waals surface area (Å²) in [5.41, 5.74) is 1.84. The second-order valence-electron chi connectivity index (χ2n) is 3.69. The first kappa shape index (κ1) is 12.4. The summed E-state index contributed by atoms with van der Waals surface area (Å²) < 4.78 is 1.04. The molecular weight excluding hydrogens is 296 g/mol. The third-order valence-corrected chi connectivity index (χ3v) is 4.47. The van der Waals surface area contributed by atoms with Crippen molar-refractivity contribution in [2.45, 2.75) is 16.7 Å². The first-order chi connectivity index (χ1) is 8.20. The summed E-state index contributed by atoms with van der Waals surface area (Å²) in [4.78, 5) is 13.1. The number of hydrogen-bond acceptors (Lipinski definition) is 2. The molecular formula is C14H11BrOS. The van der Waals surface area contributed by atoms with Gasteiger partial charge in [-0.2, -0.15) is 0 Å². The molecule has 17 heavy (non-hydrogen) atoms. The first-order valence-corrected chi connectivity index (χ1v) is 6.80. The Labute approximate surface area is 113 Å². The molecule has 0 radical (unpaired) electrons. The van der Waals surface area contributed by atoms with Crippen molar-refractivity contribution in [3.05, 3.63) is 58.1 Å². The van der Waals surface area contributed by atoms with E-state index in [0.29, 0.717) is 0 Å². The van der Waals surface area contributed by atoms with Gasteiger partial charge in [0.15, 0.2) is 6.29 Å². The molecule has 0 aromatic heterocycles. The van der Waals surface area contributed by atoms with E-state index in [1.54, 1.807) is 11.8 Å². The summed E-state index contributed by atoms with van der Waals surface area (Å²) in [6.45, 7) is 1.99. The Morgan fingerprint density at radius 2 is 1.88 bits per heavy atom. The standard InChI is InChI=1S/C14H11BrOS/c1-10-6-7-13(11(8-10)9-16)17-14-5-3-2-4-12(14)15/h2-9H,1H3. The third kappa shape index (κ3) is 2.99. The summed E-state index contributed by atoms with van der Waals surface area (Å²) >= 11 is 5.10. The van der Waals surface area contributed by atoms with Crippen LogP contribution in [0.3, 0.4) is 0 Å². The van der Waals surface area contributed by atoms with E-state index in [-0.39, 0.29) is 0 Å². The first-order valence-electron chi connectivity index (χ1n) is 5.19. The Morgan fingerprint density at radius 3 is 2.59 bits per heavy atom. The van der Waals surface area contributed by atoms with Crippen LogP contribution in [-0.2, 0) is 0 Å². The van der Waals surface area contributed by atoms with E-state index in [1.807, 2.05) is 49.4 Å². The van der Waals surface area contributed by atoms with Crippen molar-refractivity contribution in [3.8, 4) is 0 Å². The van der Waals surface area contributed by atoms with E-state index in [1.165, 1.54) is 0 Å². The molecule has 2 aromatic rings. The fourth-order valence-corrected chi connectivity index (χ4v) is 2.94. The van der Waals surface area contributed by atoms with Crippen molar-refractivity contribution in [3.63, 3.8) is 0 Å². The molecule has 0 aliphatic carbocycles. The molecule has 0 bridgehead atoms. The molecule has 0 saturated carbocycles. The Hall–Kier alpha value is -1.06. The molecule has 2 rings (SSSR count). The molecule has 0 spiro atoms. The van der Waals surface area contributed by atoms with Crippen molar-refractivity contribution in [2.24, 2.45) is 0 Å². The van der Waals surface area contributed by atoms with Crippen molar-refractivity contribution >= 4 is 34.0 Å². The van der Waals surface area contributed by atoms with E-state index in [2.05, 4.69) is 15.9 Å². The summed E-state index contributed by atoms with van der Waals surface area (Å²) in [6, 6.07) is 13.9. The molecule has 0 heterocycles. The molecule has 0 fully saturated rings. The largest absolute Gasteiger partial charge is 0.298 e. The number of halogens is 1. The second kappa shape index (κ2) is 5.52. The summed E-state index contributed by atoms with van der Waals surface area (Å²) in [5, 5.41) is 0. The third-order valence-electron chi connectivity index (χ3n) is 2.35. The zero-order valence-electron chi connectivity index (χ0n) is 9.31. The molecule has 0 aliphatic rings. The van der Waals surface area contributed by atoms with Gasteiger partial charge >= 0.3 is 0 Å². The molecule has 2 aromatic carbocycles. The molecule has 0 aliphatic heterocycles. The number of rotatable bonds is 3. The smallest absolute Gasteiger partial charge is 0.151 e. The van der Waals surface area contributed by atoms with Gasteiger partial charge in [0.2, 0.25) is 0 Å². The molecule has 0 amide bonds.